The number of phenols is 1. The summed E-state index contributed by atoms with van der Waals surface area (Å²) in [5.74, 6) is -1.57. The predicted octanol–water partition coefficient (Wildman–Crippen LogP) is 2.58. The number of amides is 1. The average Bonchev–Trinajstić information content (AvgIpc) is 2.40. The van der Waals surface area contributed by atoms with Crippen LogP contribution >= 0.6 is 0 Å². The minimum absolute atomic E-state index is 0.108. The monoisotopic (exact) mass is 285 g/mol. The van der Waals surface area contributed by atoms with Crippen LogP contribution in [0.3, 0.4) is 0 Å². The Morgan fingerprint density at radius 1 is 1.14 bits per heavy atom. The van der Waals surface area contributed by atoms with Crippen LogP contribution in [0.2, 0.25) is 0 Å². The van der Waals surface area contributed by atoms with E-state index in [1.807, 2.05) is 6.92 Å². The van der Waals surface area contributed by atoms with Crippen LogP contribution in [0.4, 0.5) is 5.69 Å². The van der Waals surface area contributed by atoms with E-state index in [1.165, 1.54) is 12.1 Å². The first kappa shape index (κ1) is 14.6. The molecule has 0 unspecified atom stereocenters. The number of aryl methyl sites for hydroxylation is 1. The van der Waals surface area contributed by atoms with Crippen LogP contribution in [0.15, 0.2) is 42.5 Å². The summed E-state index contributed by atoms with van der Waals surface area (Å²) >= 11 is 0. The molecule has 5 nitrogen and oxygen atoms in total. The number of carboxylic acid groups (broad SMARTS) is 1. The Morgan fingerprint density at radius 2 is 1.86 bits per heavy atom. The maximum atomic E-state index is 12.2. The molecular weight excluding hydrogens is 270 g/mol. The number of carbonyl (C=O) groups excluding carboxylic acids is 1. The molecule has 0 fully saturated rings. The van der Waals surface area contributed by atoms with Gasteiger partial charge in [0.15, 0.2) is 0 Å². The normalized spacial score (nSPS) is 10.1. The number of rotatable bonds is 4. The number of aromatic hydroxyl groups is 1. The fourth-order valence-electron chi connectivity index (χ4n) is 1.98. The van der Waals surface area contributed by atoms with E-state index >= 15 is 0 Å². The van der Waals surface area contributed by atoms with E-state index in [-0.39, 0.29) is 17.7 Å². The van der Waals surface area contributed by atoms with Gasteiger partial charge in [0.2, 0.25) is 0 Å². The molecule has 0 aromatic heterocycles. The zero-order valence-electron chi connectivity index (χ0n) is 11.5. The first-order chi connectivity index (χ1) is 9.97. The third-order valence-corrected chi connectivity index (χ3v) is 3.01. The van der Waals surface area contributed by atoms with E-state index in [0.717, 1.165) is 5.56 Å². The third kappa shape index (κ3) is 3.60. The Labute approximate surface area is 121 Å². The van der Waals surface area contributed by atoms with Crippen molar-refractivity contribution < 1.29 is 19.8 Å². The van der Waals surface area contributed by atoms with Gasteiger partial charge in [-0.3, -0.25) is 9.59 Å². The van der Waals surface area contributed by atoms with E-state index in [9.17, 15) is 14.7 Å². The Kier molecular flexibility index (Phi) is 4.23. The van der Waals surface area contributed by atoms with E-state index in [0.29, 0.717) is 11.3 Å². The Hall–Kier alpha value is -2.82. The number of hydrogen-bond donors (Lipinski definition) is 3. The van der Waals surface area contributed by atoms with Crippen LogP contribution in [0, 0.1) is 6.92 Å². The van der Waals surface area contributed by atoms with Crippen molar-refractivity contribution in [1.82, 2.24) is 0 Å². The molecule has 5 heteroatoms. The van der Waals surface area contributed by atoms with E-state index in [1.54, 1.807) is 30.3 Å². The molecule has 1 amide bonds. The lowest BCUT2D eigenvalue weighted by atomic mass is 10.1. The van der Waals surface area contributed by atoms with Gasteiger partial charge >= 0.3 is 5.97 Å². The van der Waals surface area contributed by atoms with Gasteiger partial charge in [0.05, 0.1) is 12.0 Å². The minimum Gasteiger partial charge on any atom is -0.507 e. The molecule has 0 aliphatic rings. The highest BCUT2D eigenvalue weighted by Gasteiger charge is 2.14. The summed E-state index contributed by atoms with van der Waals surface area (Å²) in [5.41, 5.74) is 1.91. The summed E-state index contributed by atoms with van der Waals surface area (Å²) in [5, 5.41) is 21.3. The molecule has 2 aromatic rings. The van der Waals surface area contributed by atoms with Gasteiger partial charge in [-0.2, -0.15) is 0 Å². The molecule has 0 saturated heterocycles. The molecule has 2 rings (SSSR count). The second-order valence-corrected chi connectivity index (χ2v) is 4.70. The number of aliphatic carboxylic acids is 1. The van der Waals surface area contributed by atoms with Crippen LogP contribution in [-0.4, -0.2) is 22.1 Å². The Morgan fingerprint density at radius 3 is 2.52 bits per heavy atom. The molecule has 0 aliphatic carbocycles. The van der Waals surface area contributed by atoms with Crippen molar-refractivity contribution in [2.24, 2.45) is 0 Å². The molecule has 2 aromatic carbocycles. The lowest BCUT2D eigenvalue weighted by Crippen LogP contribution is -2.14. The molecule has 0 bridgehead atoms. The van der Waals surface area contributed by atoms with Crippen molar-refractivity contribution in [3.8, 4) is 5.75 Å². The molecule has 3 N–H and O–H groups in total. The van der Waals surface area contributed by atoms with Crippen LogP contribution in [0.1, 0.15) is 21.5 Å². The fraction of sp³-hybridized carbons (Fsp3) is 0.125. The maximum Gasteiger partial charge on any atom is 0.307 e. The van der Waals surface area contributed by atoms with Crippen LogP contribution in [-0.2, 0) is 11.2 Å². The van der Waals surface area contributed by atoms with Gasteiger partial charge in [-0.25, -0.2) is 0 Å². The van der Waals surface area contributed by atoms with Crippen molar-refractivity contribution in [2.75, 3.05) is 5.32 Å². The van der Waals surface area contributed by atoms with E-state index in [4.69, 9.17) is 5.11 Å². The molecule has 0 aliphatic heterocycles. The van der Waals surface area contributed by atoms with Crippen LogP contribution < -0.4 is 5.32 Å². The largest absolute Gasteiger partial charge is 0.507 e. The molecule has 21 heavy (non-hydrogen) atoms. The second kappa shape index (κ2) is 6.09. The first-order valence-corrected chi connectivity index (χ1v) is 6.38. The van der Waals surface area contributed by atoms with Gasteiger partial charge in [-0.1, -0.05) is 24.3 Å². The van der Waals surface area contributed by atoms with Gasteiger partial charge in [-0.05, 0) is 36.2 Å². The topological polar surface area (TPSA) is 86.6 Å². The van der Waals surface area contributed by atoms with Crippen molar-refractivity contribution in [1.29, 1.82) is 0 Å². The van der Waals surface area contributed by atoms with E-state index < -0.39 is 11.9 Å². The number of carboxylic acids is 1. The number of carbonyl (C=O) groups is 2. The molecule has 108 valence electrons. The predicted molar refractivity (Wildman–Crippen MR) is 78.6 cm³/mol. The molecule has 0 saturated carbocycles. The Bertz CT molecular complexity index is 694. The summed E-state index contributed by atoms with van der Waals surface area (Å²) in [6.45, 7) is 1.81. The van der Waals surface area contributed by atoms with Crippen molar-refractivity contribution >= 4 is 17.6 Å². The standard InChI is InChI=1S/C16H15NO4/c1-10-6-7-12(14(18)8-10)16(21)17-13-5-3-2-4-11(13)9-15(19)20/h2-8,18H,9H2,1H3,(H,17,21)(H,19,20). The van der Waals surface area contributed by atoms with Crippen molar-refractivity contribution in [2.45, 2.75) is 13.3 Å². The van der Waals surface area contributed by atoms with Gasteiger partial charge < -0.3 is 15.5 Å². The highest BCUT2D eigenvalue weighted by Crippen LogP contribution is 2.22. The molecule has 0 atom stereocenters. The van der Waals surface area contributed by atoms with Crippen LogP contribution in [0.25, 0.3) is 0 Å². The smallest absolute Gasteiger partial charge is 0.307 e. The van der Waals surface area contributed by atoms with Gasteiger partial charge in [0.1, 0.15) is 5.75 Å². The van der Waals surface area contributed by atoms with E-state index in [2.05, 4.69) is 5.32 Å². The summed E-state index contributed by atoms with van der Waals surface area (Å²) in [6.07, 6.45) is -0.184. The maximum absolute atomic E-state index is 12.2. The zero-order chi connectivity index (χ0) is 15.4. The van der Waals surface area contributed by atoms with Gasteiger partial charge in [0.25, 0.3) is 5.91 Å². The first-order valence-electron chi connectivity index (χ1n) is 6.38. The lowest BCUT2D eigenvalue weighted by Gasteiger charge is -2.11. The second-order valence-electron chi connectivity index (χ2n) is 4.70. The number of nitrogens with one attached hydrogen (secondary N) is 1. The zero-order valence-corrected chi connectivity index (χ0v) is 11.5. The fourth-order valence-corrected chi connectivity index (χ4v) is 1.98. The highest BCUT2D eigenvalue weighted by atomic mass is 16.4. The SMILES string of the molecule is Cc1ccc(C(=O)Nc2ccccc2CC(=O)O)c(O)c1. The number of hydrogen-bond acceptors (Lipinski definition) is 3. The van der Waals surface area contributed by atoms with Crippen molar-refractivity contribution in [3.05, 3.63) is 59.2 Å². The number of para-hydroxylation sites is 1. The third-order valence-electron chi connectivity index (χ3n) is 3.01. The molecule has 0 spiro atoms. The average molecular weight is 285 g/mol. The van der Waals surface area contributed by atoms with Gasteiger partial charge in [0, 0.05) is 5.69 Å². The number of benzene rings is 2. The quantitative estimate of drug-likeness (QED) is 0.805. The summed E-state index contributed by atoms with van der Waals surface area (Å²) in [4.78, 5) is 23.0. The summed E-state index contributed by atoms with van der Waals surface area (Å²) < 4.78 is 0. The van der Waals surface area contributed by atoms with Crippen LogP contribution in [0.5, 0.6) is 5.75 Å². The van der Waals surface area contributed by atoms with Gasteiger partial charge in [-0.15, -0.1) is 0 Å². The molecule has 0 radical (unpaired) electrons. The lowest BCUT2D eigenvalue weighted by molar-refractivity contribution is -0.136. The molecule has 0 heterocycles. The summed E-state index contributed by atoms with van der Waals surface area (Å²) in [7, 11) is 0. The minimum atomic E-state index is -0.977. The highest BCUT2D eigenvalue weighted by molar-refractivity contribution is 6.06. The summed E-state index contributed by atoms with van der Waals surface area (Å²) in [6, 6.07) is 11.4. The molecular formula is C16H15NO4. The number of phenolic OH excluding ortho intramolecular Hbond substituents is 1. The number of anilines is 1. The van der Waals surface area contributed by atoms with Crippen molar-refractivity contribution in [3.63, 3.8) is 0 Å². The Balaban J connectivity index is 2.25.